The summed E-state index contributed by atoms with van der Waals surface area (Å²) in [5.41, 5.74) is 10.0. The number of nitrogens with one attached hydrogen (secondary N) is 1. The lowest BCUT2D eigenvalue weighted by Gasteiger charge is -2.18. The SMILES string of the molecule is CC(C)C(NS(=O)(=O)c1cc([N+](=O)[O-])c(N)s1)C(N)=O. The Balaban J connectivity index is 3.14. The maximum atomic E-state index is 12.1. The molecule has 1 atom stereocenters. The lowest BCUT2D eigenvalue weighted by atomic mass is 10.1. The minimum atomic E-state index is -4.10. The van der Waals surface area contributed by atoms with Crippen LogP contribution in [0.1, 0.15) is 13.8 Å². The molecule has 0 aliphatic heterocycles. The highest BCUT2D eigenvalue weighted by Gasteiger charge is 2.30. The van der Waals surface area contributed by atoms with E-state index in [9.17, 15) is 23.3 Å². The number of hydrogen-bond donors (Lipinski definition) is 3. The first-order valence-corrected chi connectivity index (χ1v) is 7.71. The Labute approximate surface area is 119 Å². The van der Waals surface area contributed by atoms with Crippen molar-refractivity contribution in [1.29, 1.82) is 0 Å². The molecular weight excluding hydrogens is 308 g/mol. The number of primary amides is 1. The van der Waals surface area contributed by atoms with Crippen molar-refractivity contribution in [3.05, 3.63) is 16.2 Å². The number of nitrogens with zero attached hydrogens (tertiary/aromatic N) is 1. The van der Waals surface area contributed by atoms with E-state index in [4.69, 9.17) is 11.5 Å². The zero-order valence-electron chi connectivity index (χ0n) is 10.7. The van der Waals surface area contributed by atoms with Gasteiger partial charge in [-0.25, -0.2) is 8.42 Å². The molecule has 0 spiro atoms. The Kier molecular flexibility index (Phi) is 4.68. The summed E-state index contributed by atoms with van der Waals surface area (Å²) in [6, 6.07) is -0.261. The van der Waals surface area contributed by atoms with Gasteiger partial charge in [-0.3, -0.25) is 14.9 Å². The van der Waals surface area contributed by atoms with E-state index in [1.165, 1.54) is 0 Å². The van der Waals surface area contributed by atoms with Gasteiger partial charge < -0.3 is 11.5 Å². The van der Waals surface area contributed by atoms with Gasteiger partial charge in [0.15, 0.2) is 5.00 Å². The molecule has 0 aliphatic rings. The van der Waals surface area contributed by atoms with Crippen LogP contribution in [0.3, 0.4) is 0 Å². The maximum absolute atomic E-state index is 12.1. The fourth-order valence-electron chi connectivity index (χ4n) is 1.40. The lowest BCUT2D eigenvalue weighted by Crippen LogP contribution is -2.47. The van der Waals surface area contributed by atoms with Gasteiger partial charge in [0.25, 0.3) is 10.0 Å². The molecule has 1 aromatic heterocycles. The van der Waals surface area contributed by atoms with Crippen molar-refractivity contribution in [2.24, 2.45) is 11.7 Å². The van der Waals surface area contributed by atoms with E-state index in [2.05, 4.69) is 4.72 Å². The minimum Gasteiger partial charge on any atom is -0.385 e. The first kappa shape index (κ1) is 16.3. The highest BCUT2D eigenvalue weighted by Crippen LogP contribution is 2.34. The number of nitro groups is 1. The normalized spacial score (nSPS) is 13.3. The first-order chi connectivity index (χ1) is 9.06. The Hall–Kier alpha value is -1.72. The van der Waals surface area contributed by atoms with E-state index in [1.807, 2.05) is 0 Å². The van der Waals surface area contributed by atoms with Gasteiger partial charge in [-0.1, -0.05) is 25.2 Å². The molecule has 0 aliphatic carbocycles. The molecule has 0 aromatic carbocycles. The summed E-state index contributed by atoms with van der Waals surface area (Å²) in [6.45, 7) is 3.23. The van der Waals surface area contributed by atoms with Crippen LogP contribution >= 0.6 is 11.3 Å². The fourth-order valence-corrected chi connectivity index (χ4v) is 3.98. The minimum absolute atomic E-state index is 0.226. The van der Waals surface area contributed by atoms with Crippen LogP contribution < -0.4 is 16.2 Å². The fraction of sp³-hybridized carbons (Fsp3) is 0.444. The Morgan fingerprint density at radius 3 is 2.40 bits per heavy atom. The van der Waals surface area contributed by atoms with E-state index >= 15 is 0 Å². The summed E-state index contributed by atoms with van der Waals surface area (Å²) in [7, 11) is -4.10. The number of thiophene rings is 1. The first-order valence-electron chi connectivity index (χ1n) is 5.41. The van der Waals surface area contributed by atoms with Gasteiger partial charge in [-0.15, -0.1) is 0 Å². The quantitative estimate of drug-likeness (QED) is 0.495. The number of anilines is 1. The summed E-state index contributed by atoms with van der Waals surface area (Å²) < 4.78 is 25.9. The van der Waals surface area contributed by atoms with Crippen molar-refractivity contribution in [3.63, 3.8) is 0 Å². The third-order valence-electron chi connectivity index (χ3n) is 2.43. The van der Waals surface area contributed by atoms with Crippen molar-refractivity contribution < 1.29 is 18.1 Å². The Morgan fingerprint density at radius 1 is 1.50 bits per heavy atom. The zero-order valence-corrected chi connectivity index (χ0v) is 12.3. The summed E-state index contributed by atoms with van der Waals surface area (Å²) in [5.74, 6) is -1.20. The Morgan fingerprint density at radius 2 is 2.05 bits per heavy atom. The maximum Gasteiger partial charge on any atom is 0.304 e. The molecule has 0 radical (unpaired) electrons. The van der Waals surface area contributed by atoms with Gasteiger partial charge in [-0.05, 0) is 5.92 Å². The van der Waals surface area contributed by atoms with Crippen molar-refractivity contribution in [1.82, 2.24) is 4.72 Å². The van der Waals surface area contributed by atoms with Crippen LogP contribution in [0.5, 0.6) is 0 Å². The Bertz CT molecular complexity index is 637. The van der Waals surface area contributed by atoms with Crippen molar-refractivity contribution in [3.8, 4) is 0 Å². The van der Waals surface area contributed by atoms with Crippen LogP contribution in [-0.2, 0) is 14.8 Å². The summed E-state index contributed by atoms with van der Waals surface area (Å²) in [4.78, 5) is 21.1. The topological polar surface area (TPSA) is 158 Å². The van der Waals surface area contributed by atoms with Crippen LogP contribution in [0.25, 0.3) is 0 Å². The predicted molar refractivity (Wildman–Crippen MR) is 73.5 cm³/mol. The average molecular weight is 322 g/mol. The molecule has 11 heteroatoms. The van der Waals surface area contributed by atoms with E-state index in [1.54, 1.807) is 13.8 Å². The number of rotatable bonds is 6. The monoisotopic (exact) mass is 322 g/mol. The van der Waals surface area contributed by atoms with Gasteiger partial charge in [-0.2, -0.15) is 4.72 Å². The number of nitrogen functional groups attached to an aromatic ring is 1. The molecule has 1 heterocycles. The summed E-state index contributed by atoms with van der Waals surface area (Å²) in [5, 5.41) is 10.4. The van der Waals surface area contributed by atoms with E-state index in [-0.39, 0.29) is 15.1 Å². The molecule has 0 fully saturated rings. The number of carbonyl (C=O) groups is 1. The lowest BCUT2D eigenvalue weighted by molar-refractivity contribution is -0.383. The van der Waals surface area contributed by atoms with Crippen LogP contribution in [0.4, 0.5) is 10.7 Å². The van der Waals surface area contributed by atoms with Crippen LogP contribution in [0, 0.1) is 16.0 Å². The van der Waals surface area contributed by atoms with Gasteiger partial charge in [0, 0.05) is 6.07 Å². The van der Waals surface area contributed by atoms with Crippen molar-refractivity contribution >= 4 is 38.0 Å². The third kappa shape index (κ3) is 3.43. The second kappa shape index (κ2) is 5.73. The van der Waals surface area contributed by atoms with E-state index in [0.717, 1.165) is 6.07 Å². The number of hydrogen-bond acceptors (Lipinski definition) is 7. The van der Waals surface area contributed by atoms with Crippen molar-refractivity contribution in [2.45, 2.75) is 24.1 Å². The van der Waals surface area contributed by atoms with Gasteiger partial charge in [0.05, 0.1) is 4.92 Å². The van der Waals surface area contributed by atoms with Gasteiger partial charge in [0.2, 0.25) is 5.91 Å². The van der Waals surface area contributed by atoms with E-state index < -0.39 is 32.6 Å². The van der Waals surface area contributed by atoms with Crippen LogP contribution in [0.2, 0.25) is 0 Å². The number of nitrogens with two attached hydrogens (primary N) is 2. The molecule has 112 valence electrons. The van der Waals surface area contributed by atoms with Gasteiger partial charge >= 0.3 is 5.69 Å². The molecule has 1 amide bonds. The second-order valence-electron chi connectivity index (χ2n) is 4.32. The number of carbonyl (C=O) groups excluding carboxylic acids is 1. The highest BCUT2D eigenvalue weighted by molar-refractivity contribution is 7.91. The predicted octanol–water partition coefficient (Wildman–Crippen LogP) is 0.0267. The molecule has 1 unspecified atom stereocenters. The second-order valence-corrected chi connectivity index (χ2v) is 7.34. The van der Waals surface area contributed by atoms with Crippen molar-refractivity contribution in [2.75, 3.05) is 5.73 Å². The molecule has 1 aromatic rings. The standard InChI is InChI=1S/C9H14N4O5S2/c1-4(2)7(8(10)14)12-20(17,18)6-3-5(13(15)16)9(11)19-6/h3-4,7,12H,11H2,1-2H3,(H2,10,14). The molecule has 9 nitrogen and oxygen atoms in total. The highest BCUT2D eigenvalue weighted by atomic mass is 32.2. The zero-order chi connectivity index (χ0) is 15.7. The summed E-state index contributed by atoms with van der Waals surface area (Å²) in [6.07, 6.45) is 0. The molecule has 0 saturated carbocycles. The molecule has 20 heavy (non-hydrogen) atoms. The number of sulfonamides is 1. The number of amides is 1. The molecule has 0 bridgehead atoms. The van der Waals surface area contributed by atoms with Gasteiger partial charge in [0.1, 0.15) is 10.3 Å². The smallest absolute Gasteiger partial charge is 0.304 e. The van der Waals surface area contributed by atoms with E-state index in [0.29, 0.717) is 11.3 Å². The third-order valence-corrected chi connectivity index (χ3v) is 5.30. The molecule has 5 N–H and O–H groups in total. The van der Waals surface area contributed by atoms with Crippen LogP contribution in [0.15, 0.2) is 10.3 Å². The van der Waals surface area contributed by atoms with Crippen LogP contribution in [-0.4, -0.2) is 25.3 Å². The largest absolute Gasteiger partial charge is 0.385 e. The molecule has 1 rings (SSSR count). The average Bonchev–Trinajstić information content (AvgIpc) is 2.68. The molecule has 0 saturated heterocycles. The summed E-state index contributed by atoms with van der Waals surface area (Å²) >= 11 is 0.549. The molecular formula is C9H14N4O5S2.